The van der Waals surface area contributed by atoms with Gasteiger partial charge in [-0.2, -0.15) is 0 Å². The fourth-order valence-electron chi connectivity index (χ4n) is 1.84. The number of rotatable bonds is 4. The van der Waals surface area contributed by atoms with E-state index in [1.807, 2.05) is 30.3 Å². The number of benzene rings is 1. The Kier molecular flexibility index (Phi) is 3.58. The van der Waals surface area contributed by atoms with E-state index in [1.54, 1.807) is 0 Å². The first kappa shape index (κ1) is 11.6. The van der Waals surface area contributed by atoms with E-state index in [0.717, 1.165) is 25.1 Å². The molecule has 1 aromatic rings. The van der Waals surface area contributed by atoms with Gasteiger partial charge >= 0.3 is 0 Å². The van der Waals surface area contributed by atoms with Gasteiger partial charge in [0, 0.05) is 12.6 Å². The molecule has 1 heterocycles. The van der Waals surface area contributed by atoms with E-state index in [-0.39, 0.29) is 11.8 Å². The lowest BCUT2D eigenvalue weighted by molar-refractivity contribution is 0.559. The Balaban J connectivity index is 1.97. The second-order valence-electron chi connectivity index (χ2n) is 4.05. The summed E-state index contributed by atoms with van der Waals surface area (Å²) in [6, 6.07) is 9.28. The van der Waals surface area contributed by atoms with E-state index < -0.39 is 10.0 Å². The van der Waals surface area contributed by atoms with E-state index in [2.05, 4.69) is 10.0 Å². The Bertz CT molecular complexity index is 425. The van der Waals surface area contributed by atoms with Crippen molar-refractivity contribution in [1.29, 1.82) is 0 Å². The van der Waals surface area contributed by atoms with Gasteiger partial charge in [-0.15, -0.1) is 0 Å². The molecule has 0 amide bonds. The van der Waals surface area contributed by atoms with Crippen LogP contribution in [0.3, 0.4) is 0 Å². The molecule has 0 aromatic heterocycles. The molecule has 1 aromatic carbocycles. The molecule has 5 heteroatoms. The van der Waals surface area contributed by atoms with Gasteiger partial charge in [0.15, 0.2) is 0 Å². The highest BCUT2D eigenvalue weighted by molar-refractivity contribution is 7.88. The highest BCUT2D eigenvalue weighted by atomic mass is 32.2. The predicted octanol–water partition coefficient (Wildman–Crippen LogP) is 0.468. The van der Waals surface area contributed by atoms with Crippen molar-refractivity contribution in [2.45, 2.75) is 18.2 Å². The molecule has 0 bridgehead atoms. The van der Waals surface area contributed by atoms with Gasteiger partial charge in [0.25, 0.3) is 0 Å². The van der Waals surface area contributed by atoms with Crippen LogP contribution in [0.25, 0.3) is 0 Å². The Hall–Kier alpha value is -0.910. The number of sulfonamides is 1. The first-order valence-electron chi connectivity index (χ1n) is 5.40. The zero-order chi connectivity index (χ0) is 11.4. The number of nitrogens with one attached hydrogen (secondary N) is 2. The topological polar surface area (TPSA) is 58.2 Å². The number of hydrogen-bond acceptors (Lipinski definition) is 3. The van der Waals surface area contributed by atoms with Gasteiger partial charge < -0.3 is 5.32 Å². The molecule has 4 nitrogen and oxygen atoms in total. The van der Waals surface area contributed by atoms with Crippen molar-refractivity contribution in [2.75, 3.05) is 13.1 Å². The van der Waals surface area contributed by atoms with Crippen molar-refractivity contribution in [1.82, 2.24) is 10.0 Å². The zero-order valence-electron chi connectivity index (χ0n) is 9.02. The third-order valence-electron chi connectivity index (χ3n) is 2.61. The molecule has 1 saturated heterocycles. The van der Waals surface area contributed by atoms with Crippen LogP contribution in [-0.4, -0.2) is 27.5 Å². The summed E-state index contributed by atoms with van der Waals surface area (Å²) in [7, 11) is -3.21. The van der Waals surface area contributed by atoms with Crippen LogP contribution < -0.4 is 10.0 Å². The monoisotopic (exact) mass is 240 g/mol. The van der Waals surface area contributed by atoms with Crippen molar-refractivity contribution in [3.63, 3.8) is 0 Å². The van der Waals surface area contributed by atoms with E-state index >= 15 is 0 Å². The average Bonchev–Trinajstić information content (AvgIpc) is 2.70. The highest BCUT2D eigenvalue weighted by Gasteiger charge is 2.20. The minimum atomic E-state index is -3.21. The predicted molar refractivity (Wildman–Crippen MR) is 63.5 cm³/mol. The van der Waals surface area contributed by atoms with Gasteiger partial charge in [0.1, 0.15) is 0 Å². The van der Waals surface area contributed by atoms with E-state index in [4.69, 9.17) is 0 Å². The second kappa shape index (κ2) is 4.95. The summed E-state index contributed by atoms with van der Waals surface area (Å²) in [6.45, 7) is 1.62. The maximum absolute atomic E-state index is 11.8. The van der Waals surface area contributed by atoms with Crippen LogP contribution in [0.4, 0.5) is 0 Å². The minimum absolute atomic E-state index is 0.0497. The minimum Gasteiger partial charge on any atom is -0.315 e. The Morgan fingerprint density at radius 1 is 1.31 bits per heavy atom. The summed E-state index contributed by atoms with van der Waals surface area (Å²) < 4.78 is 26.3. The smallest absolute Gasteiger partial charge is 0.216 e. The first-order chi connectivity index (χ1) is 7.66. The summed E-state index contributed by atoms with van der Waals surface area (Å²) in [5.41, 5.74) is 0.820. The van der Waals surface area contributed by atoms with Crippen molar-refractivity contribution in [3.05, 3.63) is 35.9 Å². The molecular weight excluding hydrogens is 224 g/mol. The molecule has 2 N–H and O–H groups in total. The summed E-state index contributed by atoms with van der Waals surface area (Å²) in [4.78, 5) is 0. The van der Waals surface area contributed by atoms with Crippen LogP contribution in [0.2, 0.25) is 0 Å². The molecular formula is C11H16N2O2S. The summed E-state index contributed by atoms with van der Waals surface area (Å²) in [6.07, 6.45) is 0.869. The van der Waals surface area contributed by atoms with E-state index in [0.29, 0.717) is 0 Å². The maximum atomic E-state index is 11.8. The molecule has 0 unspecified atom stereocenters. The third kappa shape index (κ3) is 3.30. The van der Waals surface area contributed by atoms with Crippen LogP contribution >= 0.6 is 0 Å². The second-order valence-corrected chi connectivity index (χ2v) is 5.81. The van der Waals surface area contributed by atoms with Gasteiger partial charge in [0.2, 0.25) is 10.0 Å². The fraction of sp³-hybridized carbons (Fsp3) is 0.455. The average molecular weight is 240 g/mol. The lowest BCUT2D eigenvalue weighted by Gasteiger charge is -2.11. The highest BCUT2D eigenvalue weighted by Crippen LogP contribution is 2.06. The molecule has 0 aliphatic carbocycles. The fourth-order valence-corrected chi connectivity index (χ4v) is 3.27. The van der Waals surface area contributed by atoms with Crippen LogP contribution in [0.5, 0.6) is 0 Å². The van der Waals surface area contributed by atoms with Gasteiger partial charge in [-0.25, -0.2) is 13.1 Å². The molecule has 1 aliphatic heterocycles. The Labute approximate surface area is 96.1 Å². The zero-order valence-corrected chi connectivity index (χ0v) is 9.83. The molecule has 88 valence electrons. The maximum Gasteiger partial charge on any atom is 0.216 e. The molecule has 1 fully saturated rings. The van der Waals surface area contributed by atoms with Crippen LogP contribution in [0.15, 0.2) is 30.3 Å². The standard InChI is InChI=1S/C11H16N2O2S/c14-16(15,13-11-6-7-12-8-11)9-10-4-2-1-3-5-10/h1-5,11-13H,6-9H2/t11-/m0/s1. The number of hydrogen-bond donors (Lipinski definition) is 2. The molecule has 0 spiro atoms. The summed E-state index contributed by atoms with van der Waals surface area (Å²) in [5, 5.41) is 3.13. The van der Waals surface area contributed by atoms with Crippen molar-refractivity contribution in [2.24, 2.45) is 0 Å². The van der Waals surface area contributed by atoms with Crippen LogP contribution in [0.1, 0.15) is 12.0 Å². The van der Waals surface area contributed by atoms with Crippen molar-refractivity contribution in [3.8, 4) is 0 Å². The molecule has 0 saturated carbocycles. The van der Waals surface area contributed by atoms with Gasteiger partial charge in [-0.05, 0) is 18.5 Å². The van der Waals surface area contributed by atoms with Gasteiger partial charge in [0.05, 0.1) is 5.75 Å². The quantitative estimate of drug-likeness (QED) is 0.804. The lowest BCUT2D eigenvalue weighted by atomic mass is 10.2. The summed E-state index contributed by atoms with van der Waals surface area (Å²) >= 11 is 0. The first-order valence-corrected chi connectivity index (χ1v) is 7.05. The molecule has 0 radical (unpaired) electrons. The molecule has 1 atom stereocenters. The largest absolute Gasteiger partial charge is 0.315 e. The third-order valence-corrected chi connectivity index (χ3v) is 4.01. The Morgan fingerprint density at radius 2 is 2.06 bits per heavy atom. The van der Waals surface area contributed by atoms with Crippen molar-refractivity contribution >= 4 is 10.0 Å². The molecule has 1 aliphatic rings. The lowest BCUT2D eigenvalue weighted by Crippen LogP contribution is -2.36. The Morgan fingerprint density at radius 3 is 2.69 bits per heavy atom. The summed E-state index contributed by atoms with van der Waals surface area (Å²) in [5.74, 6) is 0.0599. The normalized spacial score (nSPS) is 21.1. The SMILES string of the molecule is O=S(=O)(Cc1ccccc1)N[C@H]1CCNC1. The molecule has 2 rings (SSSR count). The van der Waals surface area contributed by atoms with E-state index in [1.165, 1.54) is 0 Å². The van der Waals surface area contributed by atoms with Gasteiger partial charge in [-0.3, -0.25) is 0 Å². The van der Waals surface area contributed by atoms with Crippen LogP contribution in [0, 0.1) is 0 Å². The molecule has 16 heavy (non-hydrogen) atoms. The van der Waals surface area contributed by atoms with Gasteiger partial charge in [-0.1, -0.05) is 30.3 Å². The van der Waals surface area contributed by atoms with E-state index in [9.17, 15) is 8.42 Å². The van der Waals surface area contributed by atoms with Crippen molar-refractivity contribution < 1.29 is 8.42 Å². The van der Waals surface area contributed by atoms with Crippen LogP contribution in [-0.2, 0) is 15.8 Å².